The standard InChI is InChI=1S/C18H17N7.CH2O2/c1-2-5-22-18-23-10-13(11-24-18)14-8-16(12-3-6-21-7-4-12)25-17(20)15(14)9-19;2-1-3/h3-4,6-8,10-11H,2,5H2,1H3,(H2,20,25)(H,22,23,24);1H,(H,2,3). The van der Waals surface area contributed by atoms with E-state index < -0.39 is 0 Å². The molecule has 3 aromatic heterocycles. The van der Waals surface area contributed by atoms with Crippen LogP contribution < -0.4 is 11.1 Å². The van der Waals surface area contributed by atoms with Crippen LogP contribution in [0.3, 0.4) is 0 Å². The minimum atomic E-state index is -0.250. The number of nitrogens with one attached hydrogen (secondary N) is 1. The van der Waals surface area contributed by atoms with E-state index in [9.17, 15) is 5.26 Å². The Hall–Kier alpha value is -4.06. The zero-order valence-electron chi connectivity index (χ0n) is 15.2. The molecule has 0 aliphatic heterocycles. The van der Waals surface area contributed by atoms with Crippen LogP contribution in [-0.4, -0.2) is 38.1 Å². The Kier molecular flexibility index (Phi) is 7.36. The topological polar surface area (TPSA) is 151 Å². The molecule has 3 rings (SSSR count). The van der Waals surface area contributed by atoms with Gasteiger partial charge < -0.3 is 16.2 Å². The molecule has 0 aliphatic rings. The largest absolute Gasteiger partial charge is 0.483 e. The highest BCUT2D eigenvalue weighted by molar-refractivity contribution is 5.79. The summed E-state index contributed by atoms with van der Waals surface area (Å²) in [5, 5.41) is 19.5. The third kappa shape index (κ3) is 4.98. The van der Waals surface area contributed by atoms with Crippen LogP contribution in [0, 0.1) is 11.3 Å². The molecule has 0 amide bonds. The monoisotopic (exact) mass is 377 g/mol. The zero-order chi connectivity index (χ0) is 20.4. The first-order valence-corrected chi connectivity index (χ1v) is 8.39. The van der Waals surface area contributed by atoms with E-state index in [-0.39, 0.29) is 12.3 Å². The number of hydrogen-bond acceptors (Lipinski definition) is 8. The lowest BCUT2D eigenvalue weighted by molar-refractivity contribution is -0.122. The van der Waals surface area contributed by atoms with Gasteiger partial charge >= 0.3 is 0 Å². The molecule has 0 atom stereocenters. The van der Waals surface area contributed by atoms with Crippen molar-refractivity contribution in [2.24, 2.45) is 0 Å². The molecule has 0 saturated carbocycles. The van der Waals surface area contributed by atoms with Crippen molar-refractivity contribution in [2.45, 2.75) is 13.3 Å². The summed E-state index contributed by atoms with van der Waals surface area (Å²) in [6, 6.07) is 7.62. The third-order valence-electron chi connectivity index (χ3n) is 3.63. The minimum Gasteiger partial charge on any atom is -0.483 e. The number of aromatic nitrogens is 4. The zero-order valence-corrected chi connectivity index (χ0v) is 15.2. The first-order valence-electron chi connectivity index (χ1n) is 8.39. The van der Waals surface area contributed by atoms with E-state index in [0.717, 1.165) is 18.5 Å². The maximum Gasteiger partial charge on any atom is 0.290 e. The Morgan fingerprint density at radius 3 is 2.46 bits per heavy atom. The summed E-state index contributed by atoms with van der Waals surface area (Å²) in [6.45, 7) is 2.62. The molecule has 0 fully saturated rings. The van der Waals surface area contributed by atoms with Gasteiger partial charge in [0.05, 0.1) is 5.69 Å². The number of anilines is 2. The van der Waals surface area contributed by atoms with E-state index in [1.165, 1.54) is 0 Å². The molecule has 0 radical (unpaired) electrons. The molecular weight excluding hydrogens is 358 g/mol. The Labute approximate surface area is 161 Å². The summed E-state index contributed by atoms with van der Waals surface area (Å²) in [6.07, 6.45) is 7.71. The molecule has 0 spiro atoms. The minimum absolute atomic E-state index is 0.181. The van der Waals surface area contributed by atoms with Crippen LogP contribution in [0.25, 0.3) is 22.4 Å². The number of hydrogen-bond donors (Lipinski definition) is 3. The Morgan fingerprint density at radius 1 is 1.25 bits per heavy atom. The lowest BCUT2D eigenvalue weighted by atomic mass is 10.0. The van der Waals surface area contributed by atoms with Gasteiger partial charge in [-0.15, -0.1) is 0 Å². The second-order valence-electron chi connectivity index (χ2n) is 5.49. The van der Waals surface area contributed by atoms with Crippen LogP contribution in [0.2, 0.25) is 0 Å². The van der Waals surface area contributed by atoms with E-state index in [1.54, 1.807) is 24.8 Å². The summed E-state index contributed by atoms with van der Waals surface area (Å²) in [5.74, 6) is 0.737. The lowest BCUT2D eigenvalue weighted by Gasteiger charge is -2.10. The molecule has 142 valence electrons. The number of nitrogens with two attached hydrogens (primary N) is 1. The highest BCUT2D eigenvalue weighted by atomic mass is 16.3. The van der Waals surface area contributed by atoms with Crippen molar-refractivity contribution in [3.63, 3.8) is 0 Å². The fourth-order valence-corrected chi connectivity index (χ4v) is 2.38. The van der Waals surface area contributed by atoms with Gasteiger partial charge in [-0.1, -0.05) is 6.92 Å². The Morgan fingerprint density at radius 2 is 1.89 bits per heavy atom. The van der Waals surface area contributed by atoms with Crippen molar-refractivity contribution in [1.29, 1.82) is 5.26 Å². The molecule has 9 heteroatoms. The fraction of sp³-hybridized carbons (Fsp3) is 0.158. The summed E-state index contributed by atoms with van der Waals surface area (Å²) in [4.78, 5) is 25.3. The maximum atomic E-state index is 9.46. The molecule has 4 N–H and O–H groups in total. The molecular formula is C19H19N7O2. The molecule has 3 aromatic rings. The van der Waals surface area contributed by atoms with Crippen LogP contribution in [0.1, 0.15) is 18.9 Å². The fourth-order valence-electron chi connectivity index (χ4n) is 2.38. The van der Waals surface area contributed by atoms with Crippen LogP contribution in [0.15, 0.2) is 43.0 Å². The second-order valence-corrected chi connectivity index (χ2v) is 5.49. The first kappa shape index (κ1) is 20.3. The normalized spacial score (nSPS) is 9.57. The quantitative estimate of drug-likeness (QED) is 0.570. The second kappa shape index (κ2) is 10.2. The van der Waals surface area contributed by atoms with Crippen molar-refractivity contribution in [1.82, 2.24) is 19.9 Å². The number of rotatable bonds is 5. The molecule has 0 aliphatic carbocycles. The Bertz CT molecular complexity index is 955. The van der Waals surface area contributed by atoms with E-state index >= 15 is 0 Å². The summed E-state index contributed by atoms with van der Waals surface area (Å²) in [7, 11) is 0. The van der Waals surface area contributed by atoms with Gasteiger partial charge in [0.25, 0.3) is 6.47 Å². The van der Waals surface area contributed by atoms with Gasteiger partial charge in [0, 0.05) is 48.0 Å². The van der Waals surface area contributed by atoms with Gasteiger partial charge in [-0.25, -0.2) is 15.0 Å². The average molecular weight is 377 g/mol. The number of carbonyl (C=O) groups is 1. The van der Waals surface area contributed by atoms with E-state index in [2.05, 4.69) is 38.2 Å². The van der Waals surface area contributed by atoms with Crippen molar-refractivity contribution in [3.05, 3.63) is 48.5 Å². The highest BCUT2D eigenvalue weighted by Crippen LogP contribution is 2.30. The first-order chi connectivity index (χ1) is 13.6. The van der Waals surface area contributed by atoms with Crippen molar-refractivity contribution < 1.29 is 9.90 Å². The number of carboxylic acid groups (broad SMARTS) is 1. The molecule has 0 bridgehead atoms. The maximum absolute atomic E-state index is 9.46. The smallest absolute Gasteiger partial charge is 0.290 e. The van der Waals surface area contributed by atoms with Crippen molar-refractivity contribution >= 4 is 18.2 Å². The molecule has 0 saturated heterocycles. The van der Waals surface area contributed by atoms with Gasteiger partial charge in [-0.3, -0.25) is 9.78 Å². The summed E-state index contributed by atoms with van der Waals surface area (Å²) < 4.78 is 0. The average Bonchev–Trinajstić information content (AvgIpc) is 2.73. The lowest BCUT2D eigenvalue weighted by Crippen LogP contribution is -2.04. The summed E-state index contributed by atoms with van der Waals surface area (Å²) in [5.41, 5.74) is 9.22. The van der Waals surface area contributed by atoms with Crippen LogP contribution >= 0.6 is 0 Å². The van der Waals surface area contributed by atoms with E-state index in [4.69, 9.17) is 15.6 Å². The Balaban J connectivity index is 0.000000878. The van der Waals surface area contributed by atoms with Gasteiger partial charge in [0.15, 0.2) is 0 Å². The van der Waals surface area contributed by atoms with Gasteiger partial charge in [-0.05, 0) is 24.6 Å². The van der Waals surface area contributed by atoms with Crippen molar-refractivity contribution in [2.75, 3.05) is 17.6 Å². The number of nitrogens with zero attached hydrogens (tertiary/aromatic N) is 5. The molecule has 0 aromatic carbocycles. The number of nitrogen functional groups attached to an aromatic ring is 1. The number of pyridine rings is 2. The summed E-state index contributed by atoms with van der Waals surface area (Å²) >= 11 is 0. The van der Waals surface area contributed by atoms with Gasteiger partial charge in [0.2, 0.25) is 5.95 Å². The van der Waals surface area contributed by atoms with E-state index in [0.29, 0.717) is 28.3 Å². The predicted octanol–water partition coefficient (Wildman–Crippen LogP) is 2.58. The number of nitriles is 1. The molecule has 28 heavy (non-hydrogen) atoms. The van der Waals surface area contributed by atoms with Crippen LogP contribution in [-0.2, 0) is 4.79 Å². The molecule has 3 heterocycles. The molecule has 9 nitrogen and oxygen atoms in total. The van der Waals surface area contributed by atoms with Gasteiger partial charge in [0.1, 0.15) is 17.5 Å². The third-order valence-corrected chi connectivity index (χ3v) is 3.63. The molecule has 0 unspecified atom stereocenters. The highest BCUT2D eigenvalue weighted by Gasteiger charge is 2.14. The van der Waals surface area contributed by atoms with E-state index in [1.807, 2.05) is 18.2 Å². The van der Waals surface area contributed by atoms with Crippen LogP contribution in [0.5, 0.6) is 0 Å². The van der Waals surface area contributed by atoms with Crippen molar-refractivity contribution in [3.8, 4) is 28.5 Å². The van der Waals surface area contributed by atoms with Crippen LogP contribution in [0.4, 0.5) is 11.8 Å². The van der Waals surface area contributed by atoms with Gasteiger partial charge in [-0.2, -0.15) is 5.26 Å². The predicted molar refractivity (Wildman–Crippen MR) is 105 cm³/mol. The SMILES string of the molecule is CCCNc1ncc(-c2cc(-c3ccncc3)nc(N)c2C#N)cn1.O=CO.